The largest absolute Gasteiger partial charge is 0.388 e. The van der Waals surface area contributed by atoms with Crippen molar-refractivity contribution in [2.75, 3.05) is 13.1 Å². The van der Waals surface area contributed by atoms with Crippen LogP contribution in [0.15, 0.2) is 72.8 Å². The van der Waals surface area contributed by atoms with E-state index in [1.165, 1.54) is 36.4 Å². The van der Waals surface area contributed by atoms with E-state index in [-0.39, 0.29) is 17.5 Å². The lowest BCUT2D eigenvalue weighted by Gasteiger charge is -2.28. The molecular weight excluding hydrogens is 463 g/mol. The van der Waals surface area contributed by atoms with Crippen molar-refractivity contribution < 1.29 is 18.3 Å². The number of halogens is 3. The monoisotopic (exact) mass is 491 g/mol. The Labute approximate surface area is 208 Å². The molecule has 1 unspecified atom stereocenters. The van der Waals surface area contributed by atoms with Gasteiger partial charge in [-0.25, -0.2) is 13.2 Å². The van der Waals surface area contributed by atoms with E-state index in [1.807, 2.05) is 4.68 Å². The molecule has 2 heterocycles. The Morgan fingerprint density at radius 1 is 0.833 bits per heavy atom. The first-order valence-corrected chi connectivity index (χ1v) is 12.2. The van der Waals surface area contributed by atoms with Gasteiger partial charge in [-0.3, -0.25) is 9.58 Å². The van der Waals surface area contributed by atoms with Crippen LogP contribution in [0.25, 0.3) is 11.3 Å². The van der Waals surface area contributed by atoms with Crippen LogP contribution in [0.2, 0.25) is 0 Å². The van der Waals surface area contributed by atoms with Crippen LogP contribution in [-0.4, -0.2) is 32.9 Å². The molecule has 186 valence electrons. The van der Waals surface area contributed by atoms with Gasteiger partial charge in [0.25, 0.3) is 0 Å². The summed E-state index contributed by atoms with van der Waals surface area (Å²) in [6.45, 7) is 2.91. The highest BCUT2D eigenvalue weighted by molar-refractivity contribution is 5.64. The van der Waals surface area contributed by atoms with Crippen molar-refractivity contribution >= 4 is 0 Å². The summed E-state index contributed by atoms with van der Waals surface area (Å²) in [5.74, 6) is -0.875. The second-order valence-electron chi connectivity index (χ2n) is 9.30. The molecule has 0 saturated heterocycles. The van der Waals surface area contributed by atoms with E-state index >= 15 is 0 Å². The summed E-state index contributed by atoms with van der Waals surface area (Å²) in [7, 11) is 0. The predicted molar refractivity (Wildman–Crippen MR) is 133 cm³/mol. The summed E-state index contributed by atoms with van der Waals surface area (Å²) in [6.07, 6.45) is 1.57. The molecule has 4 nitrogen and oxygen atoms in total. The molecule has 0 amide bonds. The lowest BCUT2D eigenvalue weighted by Crippen LogP contribution is -2.32. The first-order chi connectivity index (χ1) is 17.5. The molecule has 0 aliphatic carbocycles. The minimum absolute atomic E-state index is 0.270. The Morgan fingerprint density at radius 3 is 2.11 bits per heavy atom. The van der Waals surface area contributed by atoms with Crippen LogP contribution in [-0.2, 0) is 19.5 Å². The molecule has 4 aromatic rings. The first kappa shape index (κ1) is 24.3. The topological polar surface area (TPSA) is 41.3 Å². The number of aliphatic hydroxyl groups excluding tert-OH is 1. The summed E-state index contributed by atoms with van der Waals surface area (Å²) in [5.41, 5.74) is 5.64. The van der Waals surface area contributed by atoms with Gasteiger partial charge in [-0.15, -0.1) is 0 Å². The zero-order valence-corrected chi connectivity index (χ0v) is 19.9. The van der Waals surface area contributed by atoms with Gasteiger partial charge in [0.15, 0.2) is 0 Å². The van der Waals surface area contributed by atoms with Gasteiger partial charge in [-0.1, -0.05) is 24.3 Å². The highest BCUT2D eigenvalue weighted by atomic mass is 19.1. The SMILES string of the molecule is OC(CCCN1CCc2c(c(-c3ccc(F)cc3)nn2Cc2ccc(F)cc2)C1)c1ccc(F)cc1. The Morgan fingerprint density at radius 2 is 1.44 bits per heavy atom. The average molecular weight is 492 g/mol. The third-order valence-electron chi connectivity index (χ3n) is 6.78. The molecule has 7 heteroatoms. The van der Waals surface area contributed by atoms with Gasteiger partial charge in [0.05, 0.1) is 18.3 Å². The lowest BCUT2D eigenvalue weighted by molar-refractivity contribution is 0.152. The number of aromatic nitrogens is 2. The van der Waals surface area contributed by atoms with Crippen molar-refractivity contribution in [2.45, 2.75) is 38.5 Å². The predicted octanol–water partition coefficient (Wildman–Crippen LogP) is 5.89. The van der Waals surface area contributed by atoms with Crippen molar-refractivity contribution in [1.82, 2.24) is 14.7 Å². The third kappa shape index (κ3) is 5.53. The van der Waals surface area contributed by atoms with Crippen molar-refractivity contribution in [1.29, 1.82) is 0 Å². The molecule has 1 aliphatic rings. The maximum Gasteiger partial charge on any atom is 0.123 e. The smallest absolute Gasteiger partial charge is 0.123 e. The van der Waals surface area contributed by atoms with Crippen LogP contribution in [0.5, 0.6) is 0 Å². The molecule has 0 fully saturated rings. The molecule has 1 aromatic heterocycles. The van der Waals surface area contributed by atoms with Crippen LogP contribution in [0, 0.1) is 17.5 Å². The van der Waals surface area contributed by atoms with Gasteiger partial charge in [0, 0.05) is 36.3 Å². The fraction of sp³-hybridized carbons (Fsp3) is 0.276. The quantitative estimate of drug-likeness (QED) is 0.334. The van der Waals surface area contributed by atoms with Gasteiger partial charge < -0.3 is 5.11 Å². The van der Waals surface area contributed by atoms with E-state index in [1.54, 1.807) is 36.4 Å². The number of fused-ring (bicyclic) bond motifs is 1. The summed E-state index contributed by atoms with van der Waals surface area (Å²) in [4.78, 5) is 2.34. The molecule has 0 spiro atoms. The van der Waals surface area contributed by atoms with Crippen molar-refractivity contribution in [3.05, 3.63) is 113 Å². The number of rotatable bonds is 8. The Balaban J connectivity index is 1.32. The molecule has 1 N–H and O–H groups in total. The zero-order valence-electron chi connectivity index (χ0n) is 19.9. The summed E-state index contributed by atoms with van der Waals surface area (Å²) < 4.78 is 42.1. The Kier molecular flexibility index (Phi) is 7.20. The molecule has 5 rings (SSSR count). The molecule has 0 saturated carbocycles. The van der Waals surface area contributed by atoms with Gasteiger partial charge in [-0.05, 0) is 79.0 Å². The first-order valence-electron chi connectivity index (χ1n) is 12.2. The summed E-state index contributed by atoms with van der Waals surface area (Å²) in [5, 5.41) is 15.4. The van der Waals surface area contributed by atoms with Crippen LogP contribution in [0.1, 0.15) is 41.3 Å². The number of nitrogens with zero attached hydrogens (tertiary/aromatic N) is 3. The van der Waals surface area contributed by atoms with E-state index in [0.29, 0.717) is 19.5 Å². The van der Waals surface area contributed by atoms with Gasteiger partial charge >= 0.3 is 0 Å². The molecular formula is C29H28F3N3O. The maximum atomic E-state index is 13.6. The number of aliphatic hydroxyl groups is 1. The Bertz CT molecular complexity index is 1300. The minimum Gasteiger partial charge on any atom is -0.388 e. The fourth-order valence-electron chi connectivity index (χ4n) is 4.83. The Hall–Kier alpha value is -3.42. The molecule has 0 bridgehead atoms. The van der Waals surface area contributed by atoms with Crippen LogP contribution in [0.4, 0.5) is 13.2 Å². The molecule has 36 heavy (non-hydrogen) atoms. The number of hydrogen-bond donors (Lipinski definition) is 1. The highest BCUT2D eigenvalue weighted by Crippen LogP contribution is 2.31. The molecule has 0 radical (unpaired) electrons. The van der Waals surface area contributed by atoms with Crippen molar-refractivity contribution in [3.8, 4) is 11.3 Å². The normalized spacial score (nSPS) is 14.6. The van der Waals surface area contributed by atoms with Gasteiger partial charge in [-0.2, -0.15) is 5.10 Å². The van der Waals surface area contributed by atoms with Gasteiger partial charge in [0.2, 0.25) is 0 Å². The van der Waals surface area contributed by atoms with E-state index < -0.39 is 6.10 Å². The minimum atomic E-state index is -0.626. The zero-order chi connectivity index (χ0) is 25.1. The van der Waals surface area contributed by atoms with Crippen molar-refractivity contribution in [3.63, 3.8) is 0 Å². The average Bonchev–Trinajstić information content (AvgIpc) is 3.23. The standard InChI is InChI=1S/C29H28F3N3O/c30-23-9-3-20(4-10-23)18-35-27-15-17-34(16-1-2-28(36)21-5-11-24(31)12-6-21)19-26(27)29(33-35)22-7-13-25(32)14-8-22/h3-14,28,36H,1-2,15-19H2. The fourth-order valence-corrected chi connectivity index (χ4v) is 4.83. The molecule has 1 atom stereocenters. The maximum absolute atomic E-state index is 13.6. The summed E-state index contributed by atoms with van der Waals surface area (Å²) in [6, 6.07) is 18.8. The highest BCUT2D eigenvalue weighted by Gasteiger charge is 2.26. The van der Waals surface area contributed by atoms with E-state index in [0.717, 1.165) is 59.6 Å². The molecule has 3 aromatic carbocycles. The number of hydrogen-bond acceptors (Lipinski definition) is 3. The summed E-state index contributed by atoms with van der Waals surface area (Å²) >= 11 is 0. The van der Waals surface area contributed by atoms with E-state index in [2.05, 4.69) is 4.90 Å². The van der Waals surface area contributed by atoms with E-state index in [9.17, 15) is 18.3 Å². The van der Waals surface area contributed by atoms with Crippen LogP contribution >= 0.6 is 0 Å². The van der Waals surface area contributed by atoms with Crippen LogP contribution in [0.3, 0.4) is 0 Å². The lowest BCUT2D eigenvalue weighted by atomic mass is 10.00. The number of benzene rings is 3. The van der Waals surface area contributed by atoms with E-state index in [4.69, 9.17) is 5.10 Å². The van der Waals surface area contributed by atoms with Crippen molar-refractivity contribution in [2.24, 2.45) is 0 Å². The van der Waals surface area contributed by atoms with Crippen LogP contribution < -0.4 is 0 Å². The third-order valence-corrected chi connectivity index (χ3v) is 6.78. The second kappa shape index (κ2) is 10.7. The second-order valence-corrected chi connectivity index (χ2v) is 9.30. The van der Waals surface area contributed by atoms with Gasteiger partial charge in [0.1, 0.15) is 17.5 Å². The molecule has 1 aliphatic heterocycles.